The summed E-state index contributed by atoms with van der Waals surface area (Å²) >= 11 is 0. The summed E-state index contributed by atoms with van der Waals surface area (Å²) in [4.78, 5) is 70.9. The van der Waals surface area contributed by atoms with Gasteiger partial charge < -0.3 is 25.3 Å². The summed E-state index contributed by atoms with van der Waals surface area (Å²) in [5, 5.41) is 16.4. The van der Waals surface area contributed by atoms with Gasteiger partial charge in [-0.2, -0.15) is 0 Å². The number of aromatic nitrogens is 3. The standard InChI is InChI=1S/C33H49N7O6/c1-20(2)25(27(42)30-38-39-32(46-30)33(5,6)7)37-29(44)23-15-13-19-40(23)31(45)26(21(3)4)36-24(41)16-9-8-11-18-35-28(43)22-14-10-12-17-34-22/h10,12,14,17,20-21,23,25-26H,8-9,11,13,15-16,18-19H2,1-7H3,(H,35,43)(H,36,41)(H,37,44)/t23?,25-,26-/m0/s1. The molecule has 4 amide bonds. The van der Waals surface area contributed by atoms with E-state index >= 15 is 0 Å². The Hall–Kier alpha value is -4.16. The number of carbonyl (C=O) groups is 5. The summed E-state index contributed by atoms with van der Waals surface area (Å²) in [5.41, 5.74) is -0.0784. The minimum atomic E-state index is -0.915. The van der Waals surface area contributed by atoms with E-state index in [0.29, 0.717) is 50.4 Å². The van der Waals surface area contributed by atoms with Gasteiger partial charge in [0.25, 0.3) is 11.8 Å². The third-order valence-corrected chi connectivity index (χ3v) is 7.88. The summed E-state index contributed by atoms with van der Waals surface area (Å²) in [6, 6.07) is 2.66. The lowest BCUT2D eigenvalue weighted by molar-refractivity contribution is -0.142. The number of likely N-dealkylation sites (tertiary alicyclic amines) is 1. The van der Waals surface area contributed by atoms with Crippen LogP contribution >= 0.6 is 0 Å². The summed E-state index contributed by atoms with van der Waals surface area (Å²) in [7, 11) is 0. The number of amides is 4. The highest BCUT2D eigenvalue weighted by Gasteiger charge is 2.40. The van der Waals surface area contributed by atoms with Crippen molar-refractivity contribution in [1.29, 1.82) is 0 Å². The van der Waals surface area contributed by atoms with Crippen LogP contribution in [-0.4, -0.2) is 80.7 Å². The maximum absolute atomic E-state index is 13.7. The van der Waals surface area contributed by atoms with Crippen molar-refractivity contribution < 1.29 is 28.4 Å². The summed E-state index contributed by atoms with van der Waals surface area (Å²) in [5.74, 6) is -2.04. The van der Waals surface area contributed by atoms with Crippen LogP contribution in [0.1, 0.15) is 114 Å². The van der Waals surface area contributed by atoms with Crippen LogP contribution < -0.4 is 16.0 Å². The molecule has 1 aliphatic heterocycles. The van der Waals surface area contributed by atoms with Gasteiger partial charge in [-0.1, -0.05) is 61.0 Å². The molecule has 13 nitrogen and oxygen atoms in total. The third kappa shape index (κ3) is 9.92. The summed E-state index contributed by atoms with van der Waals surface area (Å²) in [6.45, 7) is 13.8. The monoisotopic (exact) mass is 639 g/mol. The Morgan fingerprint density at radius 2 is 1.67 bits per heavy atom. The molecule has 3 heterocycles. The maximum Gasteiger partial charge on any atom is 0.286 e. The van der Waals surface area contributed by atoms with E-state index < -0.39 is 35.2 Å². The number of nitrogens with zero attached hydrogens (tertiary/aromatic N) is 4. The fraction of sp³-hybridized carbons (Fsp3) is 0.636. The van der Waals surface area contributed by atoms with Crippen LogP contribution in [0.5, 0.6) is 0 Å². The molecular formula is C33H49N7O6. The van der Waals surface area contributed by atoms with E-state index in [1.54, 1.807) is 24.4 Å². The number of hydrogen-bond donors (Lipinski definition) is 3. The zero-order valence-corrected chi connectivity index (χ0v) is 28.1. The van der Waals surface area contributed by atoms with Gasteiger partial charge >= 0.3 is 0 Å². The highest BCUT2D eigenvalue weighted by atomic mass is 16.4. The van der Waals surface area contributed by atoms with E-state index in [1.165, 1.54) is 4.90 Å². The Morgan fingerprint density at radius 3 is 2.28 bits per heavy atom. The molecule has 3 N–H and O–H groups in total. The average molecular weight is 640 g/mol. The normalized spacial score (nSPS) is 16.3. The number of unbranched alkanes of at least 4 members (excludes halogenated alkanes) is 2. The van der Waals surface area contributed by atoms with Crippen molar-refractivity contribution in [2.75, 3.05) is 13.1 Å². The van der Waals surface area contributed by atoms with E-state index in [0.717, 1.165) is 6.42 Å². The number of pyridine rings is 1. The predicted octanol–water partition coefficient (Wildman–Crippen LogP) is 3.21. The zero-order chi connectivity index (χ0) is 34.0. The van der Waals surface area contributed by atoms with Crippen LogP contribution in [0.25, 0.3) is 0 Å². The molecule has 46 heavy (non-hydrogen) atoms. The van der Waals surface area contributed by atoms with Crippen LogP contribution in [0.3, 0.4) is 0 Å². The van der Waals surface area contributed by atoms with E-state index in [2.05, 4.69) is 31.1 Å². The SMILES string of the molecule is CC(C)[C@H](NC(=O)C1CCCN1C(=O)[C@@H](NC(=O)CCCCCNC(=O)c1ccccn1)C(C)C)C(=O)c1nnc(C(C)(C)C)o1. The van der Waals surface area contributed by atoms with Gasteiger partial charge in [0.1, 0.15) is 17.8 Å². The number of Topliss-reactive ketones (excluding diaryl/α,β-unsaturated/α-hetero) is 1. The van der Waals surface area contributed by atoms with Crippen LogP contribution in [0.4, 0.5) is 0 Å². The first-order valence-electron chi connectivity index (χ1n) is 16.2. The van der Waals surface area contributed by atoms with Gasteiger partial charge in [-0.15, -0.1) is 10.2 Å². The van der Waals surface area contributed by atoms with Crippen molar-refractivity contribution in [3.8, 4) is 0 Å². The molecule has 1 fully saturated rings. The van der Waals surface area contributed by atoms with Gasteiger partial charge in [0, 0.05) is 31.1 Å². The Morgan fingerprint density at radius 1 is 0.957 bits per heavy atom. The first-order valence-corrected chi connectivity index (χ1v) is 16.2. The van der Waals surface area contributed by atoms with Crippen molar-refractivity contribution in [3.05, 3.63) is 41.9 Å². The van der Waals surface area contributed by atoms with Crippen molar-refractivity contribution >= 4 is 29.4 Å². The molecule has 252 valence electrons. The topological polar surface area (TPSA) is 176 Å². The molecule has 2 aromatic rings. The van der Waals surface area contributed by atoms with Gasteiger partial charge in [0.2, 0.25) is 29.4 Å². The van der Waals surface area contributed by atoms with Gasteiger partial charge in [-0.25, -0.2) is 0 Å². The highest BCUT2D eigenvalue weighted by molar-refractivity contribution is 6.00. The molecule has 2 aromatic heterocycles. The molecule has 3 rings (SSSR count). The Labute approximate surface area is 271 Å². The lowest BCUT2D eigenvalue weighted by atomic mass is 9.97. The fourth-order valence-electron chi connectivity index (χ4n) is 5.16. The molecule has 1 unspecified atom stereocenters. The van der Waals surface area contributed by atoms with Gasteiger partial charge in [-0.3, -0.25) is 29.0 Å². The molecule has 0 aromatic carbocycles. The summed E-state index contributed by atoms with van der Waals surface area (Å²) in [6.07, 6.45) is 4.89. The largest absolute Gasteiger partial charge is 0.418 e. The van der Waals surface area contributed by atoms with Crippen molar-refractivity contribution in [2.45, 2.75) is 111 Å². The zero-order valence-electron chi connectivity index (χ0n) is 28.1. The van der Waals surface area contributed by atoms with Crippen LogP contribution in [0, 0.1) is 11.8 Å². The third-order valence-electron chi connectivity index (χ3n) is 7.88. The number of hydrogen-bond acceptors (Lipinski definition) is 9. The molecule has 1 saturated heterocycles. The quantitative estimate of drug-likeness (QED) is 0.195. The Bertz CT molecular complexity index is 1350. The van der Waals surface area contributed by atoms with Crippen molar-refractivity contribution in [1.82, 2.24) is 36.0 Å². The molecule has 0 bridgehead atoms. The molecular weight excluding hydrogens is 590 g/mol. The van der Waals surface area contributed by atoms with Crippen molar-refractivity contribution in [3.63, 3.8) is 0 Å². The predicted molar refractivity (Wildman–Crippen MR) is 171 cm³/mol. The number of rotatable bonds is 15. The fourth-order valence-corrected chi connectivity index (χ4v) is 5.16. The Balaban J connectivity index is 1.52. The second kappa shape index (κ2) is 16.4. The number of ketones is 1. The molecule has 0 radical (unpaired) electrons. The van der Waals surface area contributed by atoms with E-state index in [4.69, 9.17) is 4.42 Å². The lowest BCUT2D eigenvalue weighted by Crippen LogP contribution is -2.57. The minimum absolute atomic E-state index is 0.167. The maximum atomic E-state index is 13.7. The highest BCUT2D eigenvalue weighted by Crippen LogP contribution is 2.23. The molecule has 3 atom stereocenters. The van der Waals surface area contributed by atoms with E-state index in [1.807, 2.05) is 48.5 Å². The molecule has 0 saturated carbocycles. The smallest absolute Gasteiger partial charge is 0.286 e. The van der Waals surface area contributed by atoms with Crippen LogP contribution in [-0.2, 0) is 19.8 Å². The van der Waals surface area contributed by atoms with E-state index in [-0.39, 0.29) is 41.9 Å². The Kier molecular flexibility index (Phi) is 13.0. The second-order valence-corrected chi connectivity index (χ2v) is 13.5. The minimum Gasteiger partial charge on any atom is -0.418 e. The number of nitrogens with one attached hydrogen (secondary N) is 3. The summed E-state index contributed by atoms with van der Waals surface area (Å²) < 4.78 is 5.63. The van der Waals surface area contributed by atoms with E-state index in [9.17, 15) is 24.0 Å². The van der Waals surface area contributed by atoms with Crippen LogP contribution in [0.15, 0.2) is 28.8 Å². The van der Waals surface area contributed by atoms with Gasteiger partial charge in [-0.05, 0) is 49.7 Å². The second-order valence-electron chi connectivity index (χ2n) is 13.5. The first-order chi connectivity index (χ1) is 21.7. The number of carbonyl (C=O) groups excluding carboxylic acids is 5. The van der Waals surface area contributed by atoms with Gasteiger partial charge in [0.15, 0.2) is 0 Å². The molecule has 13 heteroatoms. The van der Waals surface area contributed by atoms with Crippen LogP contribution in [0.2, 0.25) is 0 Å². The van der Waals surface area contributed by atoms with Crippen molar-refractivity contribution in [2.24, 2.45) is 11.8 Å². The molecule has 0 aliphatic carbocycles. The molecule has 0 spiro atoms. The first kappa shape index (κ1) is 36.3. The molecule has 1 aliphatic rings. The van der Waals surface area contributed by atoms with Gasteiger partial charge in [0.05, 0.1) is 6.04 Å². The average Bonchev–Trinajstić information content (AvgIpc) is 3.71. The lowest BCUT2D eigenvalue weighted by Gasteiger charge is -2.31.